The SMILES string of the molecule is c1ccc(CN=C(NCc2ccc(-n3c4ccccc4c4ccccc43)cc2)c2ccccc2)cc1. The number of hydrogen-bond acceptors (Lipinski definition) is 1. The lowest BCUT2D eigenvalue weighted by atomic mass is 10.1. The van der Waals surface area contributed by atoms with Crippen molar-refractivity contribution in [2.75, 3.05) is 0 Å². The molecule has 3 nitrogen and oxygen atoms in total. The number of hydrogen-bond donors (Lipinski definition) is 1. The van der Waals surface area contributed by atoms with Crippen LogP contribution in [0.4, 0.5) is 0 Å². The Hall–Kier alpha value is -4.63. The van der Waals surface area contributed by atoms with Gasteiger partial charge in [0.25, 0.3) is 0 Å². The third kappa shape index (κ3) is 4.39. The Labute approximate surface area is 211 Å². The van der Waals surface area contributed by atoms with E-state index in [-0.39, 0.29) is 0 Å². The first-order chi connectivity index (χ1) is 17.9. The van der Waals surface area contributed by atoms with E-state index in [4.69, 9.17) is 4.99 Å². The summed E-state index contributed by atoms with van der Waals surface area (Å²) in [4.78, 5) is 4.91. The monoisotopic (exact) mass is 465 g/mol. The van der Waals surface area contributed by atoms with Crippen molar-refractivity contribution in [3.63, 3.8) is 0 Å². The number of rotatable bonds is 6. The molecule has 0 aliphatic heterocycles. The number of nitrogens with zero attached hydrogens (tertiary/aromatic N) is 2. The molecule has 6 rings (SSSR count). The summed E-state index contributed by atoms with van der Waals surface area (Å²) in [6.07, 6.45) is 0. The fourth-order valence-corrected chi connectivity index (χ4v) is 4.75. The molecule has 0 fully saturated rings. The van der Waals surface area contributed by atoms with Gasteiger partial charge >= 0.3 is 0 Å². The molecule has 5 aromatic carbocycles. The number of aromatic nitrogens is 1. The van der Waals surface area contributed by atoms with E-state index < -0.39 is 0 Å². The second-order valence-electron chi connectivity index (χ2n) is 8.91. The molecule has 0 aliphatic carbocycles. The van der Waals surface area contributed by atoms with E-state index in [9.17, 15) is 0 Å². The van der Waals surface area contributed by atoms with Crippen LogP contribution in [-0.2, 0) is 13.1 Å². The van der Waals surface area contributed by atoms with Crippen LogP contribution in [0.5, 0.6) is 0 Å². The van der Waals surface area contributed by atoms with Gasteiger partial charge in [0.15, 0.2) is 0 Å². The Morgan fingerprint density at radius 2 is 1.11 bits per heavy atom. The van der Waals surface area contributed by atoms with Gasteiger partial charge in [-0.05, 0) is 35.4 Å². The molecule has 0 amide bonds. The quantitative estimate of drug-likeness (QED) is 0.200. The molecule has 1 heterocycles. The van der Waals surface area contributed by atoms with Crippen molar-refractivity contribution in [1.82, 2.24) is 9.88 Å². The third-order valence-corrected chi connectivity index (χ3v) is 6.54. The minimum atomic E-state index is 0.644. The summed E-state index contributed by atoms with van der Waals surface area (Å²) in [5.74, 6) is 0.908. The lowest BCUT2D eigenvalue weighted by molar-refractivity contribution is 0.895. The summed E-state index contributed by atoms with van der Waals surface area (Å²) in [6, 6.07) is 46.7. The fourth-order valence-electron chi connectivity index (χ4n) is 4.75. The number of fused-ring (bicyclic) bond motifs is 3. The maximum atomic E-state index is 4.91. The first-order valence-corrected chi connectivity index (χ1v) is 12.3. The average Bonchev–Trinajstić information content (AvgIpc) is 3.29. The maximum Gasteiger partial charge on any atom is 0.128 e. The van der Waals surface area contributed by atoms with Crippen LogP contribution < -0.4 is 5.32 Å². The van der Waals surface area contributed by atoms with Crippen LogP contribution in [0.2, 0.25) is 0 Å². The fraction of sp³-hybridized carbons (Fsp3) is 0.0606. The van der Waals surface area contributed by atoms with Crippen molar-refractivity contribution in [3.8, 4) is 5.69 Å². The lowest BCUT2D eigenvalue weighted by Gasteiger charge is -2.12. The van der Waals surface area contributed by atoms with Crippen LogP contribution in [0.25, 0.3) is 27.5 Å². The van der Waals surface area contributed by atoms with Gasteiger partial charge in [-0.3, -0.25) is 4.99 Å². The van der Waals surface area contributed by atoms with Gasteiger partial charge in [0.1, 0.15) is 5.84 Å². The molecule has 0 saturated heterocycles. The van der Waals surface area contributed by atoms with Crippen molar-refractivity contribution < 1.29 is 0 Å². The van der Waals surface area contributed by atoms with Crippen LogP contribution in [-0.4, -0.2) is 10.4 Å². The molecule has 1 N–H and O–H groups in total. The Balaban J connectivity index is 1.26. The van der Waals surface area contributed by atoms with Crippen molar-refractivity contribution in [3.05, 3.63) is 150 Å². The number of aliphatic imine (C=N–C) groups is 1. The summed E-state index contributed by atoms with van der Waals surface area (Å²) in [5, 5.41) is 6.14. The molecule has 36 heavy (non-hydrogen) atoms. The minimum absolute atomic E-state index is 0.644. The van der Waals surface area contributed by atoms with Crippen molar-refractivity contribution in [2.24, 2.45) is 4.99 Å². The highest BCUT2D eigenvalue weighted by molar-refractivity contribution is 6.09. The molecular weight excluding hydrogens is 438 g/mol. The zero-order chi connectivity index (χ0) is 24.2. The van der Waals surface area contributed by atoms with Crippen LogP contribution in [0, 0.1) is 0 Å². The Morgan fingerprint density at radius 1 is 0.556 bits per heavy atom. The number of benzene rings is 5. The predicted molar refractivity (Wildman–Crippen MR) is 151 cm³/mol. The molecule has 6 aromatic rings. The smallest absolute Gasteiger partial charge is 0.128 e. The van der Waals surface area contributed by atoms with E-state index >= 15 is 0 Å². The van der Waals surface area contributed by atoms with Crippen molar-refractivity contribution in [2.45, 2.75) is 13.1 Å². The average molecular weight is 466 g/mol. The molecule has 0 unspecified atom stereocenters. The predicted octanol–water partition coefficient (Wildman–Crippen LogP) is 7.52. The zero-order valence-corrected chi connectivity index (χ0v) is 20.0. The molecule has 3 heteroatoms. The van der Waals surface area contributed by atoms with E-state index in [0.717, 1.165) is 17.1 Å². The van der Waals surface area contributed by atoms with Crippen molar-refractivity contribution >= 4 is 27.6 Å². The van der Waals surface area contributed by atoms with Gasteiger partial charge in [-0.15, -0.1) is 0 Å². The second-order valence-corrected chi connectivity index (χ2v) is 8.91. The first kappa shape index (κ1) is 21.9. The summed E-state index contributed by atoms with van der Waals surface area (Å²) >= 11 is 0. The molecule has 0 spiro atoms. The van der Waals surface area contributed by atoms with E-state index in [0.29, 0.717) is 13.1 Å². The normalized spacial score (nSPS) is 11.7. The first-order valence-electron chi connectivity index (χ1n) is 12.3. The number of para-hydroxylation sites is 2. The zero-order valence-electron chi connectivity index (χ0n) is 20.0. The lowest BCUT2D eigenvalue weighted by Crippen LogP contribution is -2.24. The van der Waals surface area contributed by atoms with E-state index in [1.54, 1.807) is 0 Å². The molecule has 1 aromatic heterocycles. The van der Waals surface area contributed by atoms with Gasteiger partial charge in [-0.25, -0.2) is 0 Å². The van der Waals surface area contributed by atoms with Crippen LogP contribution in [0.1, 0.15) is 16.7 Å². The highest BCUT2D eigenvalue weighted by Crippen LogP contribution is 2.31. The molecule has 0 bridgehead atoms. The van der Waals surface area contributed by atoms with E-state index in [2.05, 4.69) is 131 Å². The number of nitrogens with one attached hydrogen (secondary N) is 1. The Morgan fingerprint density at radius 3 is 1.75 bits per heavy atom. The van der Waals surface area contributed by atoms with Gasteiger partial charge in [0.05, 0.1) is 17.6 Å². The van der Waals surface area contributed by atoms with Crippen molar-refractivity contribution in [1.29, 1.82) is 0 Å². The van der Waals surface area contributed by atoms with E-state index in [1.807, 2.05) is 12.1 Å². The minimum Gasteiger partial charge on any atom is -0.366 e. The van der Waals surface area contributed by atoms with Gasteiger partial charge in [0, 0.05) is 28.6 Å². The molecule has 0 radical (unpaired) electrons. The Bertz CT molecular complexity index is 1580. The van der Waals surface area contributed by atoms with Crippen LogP contribution >= 0.6 is 0 Å². The molecule has 0 saturated carbocycles. The maximum absolute atomic E-state index is 4.91. The number of amidine groups is 1. The summed E-state index contributed by atoms with van der Waals surface area (Å²) in [6.45, 7) is 1.35. The standard InChI is InChI=1S/C33H27N3/c1-3-11-25(12-4-1)23-34-33(27-13-5-2-6-14-27)35-24-26-19-21-28(22-20-26)36-31-17-9-7-15-29(31)30-16-8-10-18-32(30)36/h1-22H,23-24H2,(H,34,35). The van der Waals surface area contributed by atoms with Crippen LogP contribution in [0.15, 0.2) is 138 Å². The summed E-state index contributed by atoms with van der Waals surface area (Å²) in [7, 11) is 0. The van der Waals surface area contributed by atoms with Gasteiger partial charge in [0.2, 0.25) is 0 Å². The molecule has 0 aliphatic rings. The largest absolute Gasteiger partial charge is 0.366 e. The Kier molecular flexibility index (Phi) is 6.03. The topological polar surface area (TPSA) is 29.3 Å². The summed E-state index contributed by atoms with van der Waals surface area (Å²) in [5.41, 5.74) is 7.12. The third-order valence-electron chi connectivity index (χ3n) is 6.54. The molecule has 0 atom stereocenters. The molecular formula is C33H27N3. The highest BCUT2D eigenvalue weighted by atomic mass is 15.0. The highest BCUT2D eigenvalue weighted by Gasteiger charge is 2.11. The van der Waals surface area contributed by atoms with Crippen LogP contribution in [0.3, 0.4) is 0 Å². The van der Waals surface area contributed by atoms with E-state index in [1.165, 1.54) is 32.9 Å². The summed E-state index contributed by atoms with van der Waals surface area (Å²) < 4.78 is 2.35. The van der Waals surface area contributed by atoms with Gasteiger partial charge < -0.3 is 9.88 Å². The second kappa shape index (κ2) is 9.93. The molecule has 174 valence electrons. The van der Waals surface area contributed by atoms with Gasteiger partial charge in [-0.1, -0.05) is 109 Å². The van der Waals surface area contributed by atoms with Gasteiger partial charge in [-0.2, -0.15) is 0 Å².